The summed E-state index contributed by atoms with van der Waals surface area (Å²) in [4.78, 5) is 22.1. The van der Waals surface area contributed by atoms with Crippen LogP contribution in [0, 0.1) is 0 Å². The number of carboxylic acid groups (broad SMARTS) is 1. The Balaban J connectivity index is 2.40. The first-order valence-electron chi connectivity index (χ1n) is 5.86. The number of aliphatic carboxylic acids is 1. The van der Waals surface area contributed by atoms with Crippen molar-refractivity contribution in [1.82, 2.24) is 4.31 Å². The number of carbonyl (C=O) groups excluding carboxylic acids is 1. The molecule has 2 N–H and O–H groups in total. The Morgan fingerprint density at radius 2 is 2.10 bits per heavy atom. The van der Waals surface area contributed by atoms with Crippen LogP contribution in [0.1, 0.15) is 18.4 Å². The van der Waals surface area contributed by atoms with Gasteiger partial charge in [-0.1, -0.05) is 0 Å². The molecule has 1 amide bonds. The summed E-state index contributed by atoms with van der Waals surface area (Å²) in [6, 6.07) is 4.27. The molecule has 1 aliphatic heterocycles. The van der Waals surface area contributed by atoms with Crippen LogP contribution >= 0.6 is 0 Å². The standard InChI is InChI=1S/C12H14N2O5S/c1-7-9-5-8(3-4-10(9)13-12(7)17)20(18,19)14(2)6-11(15)16/h3-5,7H,6H2,1-2H3,(H,13,17)(H,15,16). The van der Waals surface area contributed by atoms with Crippen LogP contribution in [0.15, 0.2) is 23.1 Å². The van der Waals surface area contributed by atoms with E-state index in [9.17, 15) is 18.0 Å². The zero-order chi connectivity index (χ0) is 15.1. The summed E-state index contributed by atoms with van der Waals surface area (Å²) in [5.41, 5.74) is 1.18. The molecule has 0 saturated carbocycles. The quantitative estimate of drug-likeness (QED) is 0.839. The Labute approximate surface area is 116 Å². The summed E-state index contributed by atoms with van der Waals surface area (Å²) in [6.07, 6.45) is 0. The number of sulfonamides is 1. The second kappa shape index (κ2) is 4.88. The second-order valence-corrected chi connectivity index (χ2v) is 6.66. The van der Waals surface area contributed by atoms with Crippen LogP contribution in [0.2, 0.25) is 0 Å². The van der Waals surface area contributed by atoms with Crippen molar-refractivity contribution in [2.45, 2.75) is 17.7 Å². The number of hydrogen-bond acceptors (Lipinski definition) is 4. The molecule has 1 aromatic carbocycles. The Hall–Kier alpha value is -1.93. The van der Waals surface area contributed by atoms with Gasteiger partial charge in [-0.05, 0) is 30.7 Å². The molecule has 0 saturated heterocycles. The van der Waals surface area contributed by atoms with Gasteiger partial charge in [-0.15, -0.1) is 0 Å². The maximum atomic E-state index is 12.2. The van der Waals surface area contributed by atoms with Crippen LogP contribution < -0.4 is 5.32 Å². The van der Waals surface area contributed by atoms with E-state index in [2.05, 4.69) is 5.32 Å². The van der Waals surface area contributed by atoms with Crippen LogP contribution in [0.4, 0.5) is 5.69 Å². The fraction of sp³-hybridized carbons (Fsp3) is 0.333. The summed E-state index contributed by atoms with van der Waals surface area (Å²) in [7, 11) is -2.69. The van der Waals surface area contributed by atoms with Crippen LogP contribution in [-0.4, -0.2) is 43.3 Å². The highest BCUT2D eigenvalue weighted by Crippen LogP contribution is 2.34. The van der Waals surface area contributed by atoms with E-state index in [0.29, 0.717) is 11.3 Å². The van der Waals surface area contributed by atoms with Gasteiger partial charge in [0, 0.05) is 12.7 Å². The molecule has 0 aromatic heterocycles. The maximum Gasteiger partial charge on any atom is 0.318 e. The Bertz CT molecular complexity index is 683. The highest BCUT2D eigenvalue weighted by molar-refractivity contribution is 7.89. The highest BCUT2D eigenvalue weighted by atomic mass is 32.2. The van der Waals surface area contributed by atoms with Crippen molar-refractivity contribution in [3.8, 4) is 0 Å². The zero-order valence-electron chi connectivity index (χ0n) is 11.0. The van der Waals surface area contributed by atoms with Gasteiger partial charge >= 0.3 is 5.97 Å². The van der Waals surface area contributed by atoms with Crippen molar-refractivity contribution in [2.24, 2.45) is 0 Å². The van der Waals surface area contributed by atoms with Crippen LogP contribution in [0.3, 0.4) is 0 Å². The minimum absolute atomic E-state index is 0.0247. The lowest BCUT2D eigenvalue weighted by Gasteiger charge is -2.15. The lowest BCUT2D eigenvalue weighted by atomic mass is 10.0. The molecule has 20 heavy (non-hydrogen) atoms. The number of anilines is 1. The number of hydrogen-bond donors (Lipinski definition) is 2. The van der Waals surface area contributed by atoms with Gasteiger partial charge in [-0.2, -0.15) is 4.31 Å². The molecule has 7 nitrogen and oxygen atoms in total. The predicted octanol–water partition coefficient (Wildman–Crippen LogP) is 0.447. The van der Waals surface area contributed by atoms with Crippen molar-refractivity contribution in [3.63, 3.8) is 0 Å². The minimum Gasteiger partial charge on any atom is -0.480 e. The summed E-state index contributed by atoms with van der Waals surface area (Å²) >= 11 is 0. The first kappa shape index (κ1) is 14.5. The maximum absolute atomic E-state index is 12.2. The molecule has 1 unspecified atom stereocenters. The van der Waals surface area contributed by atoms with E-state index in [0.717, 1.165) is 4.31 Å². The first-order valence-corrected chi connectivity index (χ1v) is 7.30. The number of rotatable bonds is 4. The van der Waals surface area contributed by atoms with Gasteiger partial charge in [0.1, 0.15) is 6.54 Å². The van der Waals surface area contributed by atoms with E-state index >= 15 is 0 Å². The molecule has 0 spiro atoms. The van der Waals surface area contributed by atoms with E-state index in [1.165, 1.54) is 25.2 Å². The Morgan fingerprint density at radius 1 is 1.45 bits per heavy atom. The molecule has 0 bridgehead atoms. The topological polar surface area (TPSA) is 104 Å². The lowest BCUT2D eigenvalue weighted by molar-refractivity contribution is -0.137. The fourth-order valence-electron chi connectivity index (χ4n) is 2.01. The number of carbonyl (C=O) groups is 2. The molecule has 0 radical (unpaired) electrons. The molecular formula is C12H14N2O5S. The molecule has 108 valence electrons. The monoisotopic (exact) mass is 298 g/mol. The van der Waals surface area contributed by atoms with Gasteiger partial charge < -0.3 is 10.4 Å². The molecule has 1 atom stereocenters. The summed E-state index contributed by atoms with van der Waals surface area (Å²) in [5, 5.41) is 11.3. The number of carboxylic acids is 1. The van der Waals surface area contributed by atoms with Gasteiger partial charge in [0.2, 0.25) is 15.9 Å². The van der Waals surface area contributed by atoms with E-state index in [-0.39, 0.29) is 10.8 Å². The van der Waals surface area contributed by atoms with Gasteiger partial charge in [0.25, 0.3) is 0 Å². The Morgan fingerprint density at radius 3 is 2.70 bits per heavy atom. The molecule has 1 aliphatic rings. The van der Waals surface area contributed by atoms with Crippen molar-refractivity contribution >= 4 is 27.6 Å². The average molecular weight is 298 g/mol. The number of benzene rings is 1. The van der Waals surface area contributed by atoms with Gasteiger partial charge in [-0.3, -0.25) is 9.59 Å². The summed E-state index contributed by atoms with van der Waals surface area (Å²) < 4.78 is 25.2. The summed E-state index contributed by atoms with van der Waals surface area (Å²) in [6.45, 7) is 1.06. The number of likely N-dealkylation sites (N-methyl/N-ethyl adjacent to an activating group) is 1. The number of nitrogens with one attached hydrogen (secondary N) is 1. The minimum atomic E-state index is -3.88. The molecular weight excluding hydrogens is 284 g/mol. The van der Waals surface area contributed by atoms with E-state index < -0.39 is 28.5 Å². The van der Waals surface area contributed by atoms with Gasteiger partial charge in [0.05, 0.1) is 10.8 Å². The third kappa shape index (κ3) is 2.39. The SMILES string of the molecule is CC1C(=O)Nc2ccc(S(=O)(=O)N(C)CC(=O)O)cc21. The molecule has 0 fully saturated rings. The van der Waals surface area contributed by atoms with Crippen LogP contribution in [0.5, 0.6) is 0 Å². The molecule has 0 aliphatic carbocycles. The third-order valence-corrected chi connectivity index (χ3v) is 5.01. The smallest absolute Gasteiger partial charge is 0.318 e. The van der Waals surface area contributed by atoms with Crippen molar-refractivity contribution in [2.75, 3.05) is 18.9 Å². The van der Waals surface area contributed by atoms with Crippen LogP contribution in [0.25, 0.3) is 0 Å². The zero-order valence-corrected chi connectivity index (χ0v) is 11.8. The van der Waals surface area contributed by atoms with Crippen molar-refractivity contribution in [1.29, 1.82) is 0 Å². The fourth-order valence-corrected chi connectivity index (χ4v) is 3.17. The Kier molecular flexibility index (Phi) is 3.53. The van der Waals surface area contributed by atoms with E-state index in [1.807, 2.05) is 0 Å². The molecule has 1 aromatic rings. The molecule has 8 heteroatoms. The first-order chi connectivity index (χ1) is 9.23. The predicted molar refractivity (Wildman–Crippen MR) is 70.9 cm³/mol. The normalized spacial score (nSPS) is 17.9. The van der Waals surface area contributed by atoms with Gasteiger partial charge in [-0.25, -0.2) is 8.42 Å². The second-order valence-electron chi connectivity index (χ2n) is 4.61. The number of amides is 1. The van der Waals surface area contributed by atoms with Crippen molar-refractivity contribution in [3.05, 3.63) is 23.8 Å². The molecule has 1 heterocycles. The largest absolute Gasteiger partial charge is 0.480 e. The molecule has 2 rings (SSSR count). The van der Waals surface area contributed by atoms with E-state index in [1.54, 1.807) is 6.92 Å². The van der Waals surface area contributed by atoms with Gasteiger partial charge in [0.15, 0.2) is 0 Å². The number of nitrogens with zero attached hydrogens (tertiary/aromatic N) is 1. The average Bonchev–Trinajstić information content (AvgIpc) is 2.64. The lowest BCUT2D eigenvalue weighted by Crippen LogP contribution is -2.32. The van der Waals surface area contributed by atoms with E-state index in [4.69, 9.17) is 5.11 Å². The van der Waals surface area contributed by atoms with Crippen molar-refractivity contribution < 1.29 is 23.1 Å². The summed E-state index contributed by atoms with van der Waals surface area (Å²) in [5.74, 6) is -1.85. The number of fused-ring (bicyclic) bond motifs is 1. The van der Waals surface area contributed by atoms with Crippen LogP contribution in [-0.2, 0) is 19.6 Å². The third-order valence-electron chi connectivity index (χ3n) is 3.21. The highest BCUT2D eigenvalue weighted by Gasteiger charge is 2.30.